The number of nitrogens with zero attached hydrogens (tertiary/aromatic N) is 2. The van der Waals surface area contributed by atoms with Gasteiger partial charge in [-0.15, -0.1) is 0 Å². The smallest absolute Gasteiger partial charge is 0.237 e. The normalized spacial score (nSPS) is 13.5. The van der Waals surface area contributed by atoms with Crippen LogP contribution in [0.5, 0.6) is 0 Å². The van der Waals surface area contributed by atoms with Crippen molar-refractivity contribution < 1.29 is 4.57 Å². The topological polar surface area (TPSA) is 8.81 Å². The van der Waals surface area contributed by atoms with Crippen LogP contribution in [0.4, 0.5) is 0 Å². The lowest BCUT2D eigenvalue weighted by Crippen LogP contribution is -2.38. The fourth-order valence-corrected chi connectivity index (χ4v) is 7.74. The van der Waals surface area contributed by atoms with Crippen molar-refractivity contribution >= 4 is 0 Å². The fraction of sp³-hybridized carbons (Fsp3) is 0.667. The monoisotopic (exact) mass is 642 g/mol. The summed E-state index contributed by atoms with van der Waals surface area (Å²) >= 11 is 0. The molecule has 262 valence electrons. The van der Waals surface area contributed by atoms with Crippen LogP contribution in [0, 0.1) is 0 Å². The summed E-state index contributed by atoms with van der Waals surface area (Å²) in [4.78, 5) is 0. The van der Waals surface area contributed by atoms with Gasteiger partial charge in [-0.3, -0.25) is 0 Å². The van der Waals surface area contributed by atoms with Gasteiger partial charge in [0.2, 0.25) is 6.33 Å². The summed E-state index contributed by atoms with van der Waals surface area (Å²) in [5.41, 5.74) is 2.90. The van der Waals surface area contributed by atoms with Crippen molar-refractivity contribution in [3.63, 3.8) is 0 Å². The minimum absolute atomic E-state index is 0.00842. The second kappa shape index (κ2) is 24.7. The second-order valence-corrected chi connectivity index (χ2v) is 14.9. The summed E-state index contributed by atoms with van der Waals surface area (Å²) in [7, 11) is 0. The number of imidazole rings is 1. The molecule has 2 atom stereocenters. The average molecular weight is 642 g/mol. The third kappa shape index (κ3) is 15.6. The van der Waals surface area contributed by atoms with E-state index in [0.717, 1.165) is 13.0 Å². The maximum atomic E-state index is 2.59. The standard InChI is InChI=1S/C45H73N2/c1-4-6-8-10-12-14-15-16-17-18-19-20-22-30-36-44(47-39-38-46(41-47)37-31-23-21-13-11-9-7-5-2)45(3,43-34-28-25-29-35-43)40-42-32-26-24-27-33-42/h24-29,32-35,38-39,41,44H,4-23,30-31,36-37,40H2,1-3H3/q+1. The fourth-order valence-electron chi connectivity index (χ4n) is 7.74. The maximum Gasteiger partial charge on any atom is 0.244 e. The van der Waals surface area contributed by atoms with Crippen LogP contribution >= 0.6 is 0 Å². The Morgan fingerprint density at radius 1 is 0.553 bits per heavy atom. The van der Waals surface area contributed by atoms with E-state index in [1.54, 1.807) is 0 Å². The van der Waals surface area contributed by atoms with Gasteiger partial charge in [0.05, 0.1) is 6.54 Å². The third-order valence-electron chi connectivity index (χ3n) is 10.8. The molecule has 0 bridgehead atoms. The zero-order valence-electron chi connectivity index (χ0n) is 31.2. The average Bonchev–Trinajstić information content (AvgIpc) is 3.56. The summed E-state index contributed by atoms with van der Waals surface area (Å²) in [6, 6.07) is 23.0. The molecule has 0 saturated carbocycles. The zero-order chi connectivity index (χ0) is 33.3. The molecule has 0 spiro atoms. The molecule has 47 heavy (non-hydrogen) atoms. The molecular weight excluding hydrogens is 569 g/mol. The molecule has 2 heteroatoms. The summed E-state index contributed by atoms with van der Waals surface area (Å²) in [6.07, 6.45) is 40.2. The number of unbranched alkanes of at least 4 members (excludes halogenated alkanes) is 20. The molecule has 0 amide bonds. The van der Waals surface area contributed by atoms with E-state index in [-0.39, 0.29) is 5.41 Å². The van der Waals surface area contributed by atoms with Crippen LogP contribution in [-0.4, -0.2) is 4.57 Å². The van der Waals surface area contributed by atoms with Crippen molar-refractivity contribution in [3.8, 4) is 0 Å². The highest BCUT2D eigenvalue weighted by Crippen LogP contribution is 2.41. The molecule has 2 nitrogen and oxygen atoms in total. The number of aryl methyl sites for hydroxylation is 1. The van der Waals surface area contributed by atoms with E-state index in [0.29, 0.717) is 6.04 Å². The lowest BCUT2D eigenvalue weighted by molar-refractivity contribution is -0.697. The van der Waals surface area contributed by atoms with Crippen LogP contribution in [-0.2, 0) is 18.4 Å². The molecule has 3 rings (SSSR count). The highest BCUT2D eigenvalue weighted by atomic mass is 15.1. The van der Waals surface area contributed by atoms with Crippen LogP contribution in [0.2, 0.25) is 0 Å². The van der Waals surface area contributed by atoms with Gasteiger partial charge < -0.3 is 0 Å². The van der Waals surface area contributed by atoms with Crippen molar-refractivity contribution in [1.82, 2.24) is 4.57 Å². The highest BCUT2D eigenvalue weighted by molar-refractivity contribution is 5.30. The molecule has 0 aliphatic rings. The van der Waals surface area contributed by atoms with Crippen LogP contribution in [0.3, 0.4) is 0 Å². The highest BCUT2D eigenvalue weighted by Gasteiger charge is 2.40. The van der Waals surface area contributed by atoms with Gasteiger partial charge in [-0.1, -0.05) is 203 Å². The maximum absolute atomic E-state index is 2.59. The summed E-state index contributed by atoms with van der Waals surface area (Å²) in [5.74, 6) is 0. The van der Waals surface area contributed by atoms with E-state index in [9.17, 15) is 0 Å². The molecule has 2 unspecified atom stereocenters. The van der Waals surface area contributed by atoms with Crippen molar-refractivity contribution in [1.29, 1.82) is 0 Å². The molecule has 0 saturated heterocycles. The first-order valence-corrected chi connectivity index (χ1v) is 20.3. The molecule has 3 aromatic rings. The quantitative estimate of drug-likeness (QED) is 0.0527. The van der Waals surface area contributed by atoms with Crippen LogP contribution in [0.15, 0.2) is 79.4 Å². The minimum Gasteiger partial charge on any atom is -0.237 e. The first-order chi connectivity index (χ1) is 23.2. The first kappa shape index (κ1) is 39.1. The Morgan fingerprint density at radius 2 is 1.00 bits per heavy atom. The summed E-state index contributed by atoms with van der Waals surface area (Å²) in [6.45, 7) is 8.28. The van der Waals surface area contributed by atoms with Gasteiger partial charge in [-0.25, -0.2) is 9.13 Å². The second-order valence-electron chi connectivity index (χ2n) is 14.9. The van der Waals surface area contributed by atoms with E-state index >= 15 is 0 Å². The molecule has 2 aromatic carbocycles. The molecular formula is C45H73N2+. The third-order valence-corrected chi connectivity index (χ3v) is 10.8. The van der Waals surface area contributed by atoms with Gasteiger partial charge in [0.15, 0.2) is 0 Å². The Bertz CT molecular complexity index is 1120. The molecule has 0 aliphatic carbocycles. The Labute approximate surface area is 291 Å². The van der Waals surface area contributed by atoms with E-state index in [2.05, 4.69) is 109 Å². The predicted octanol–water partition coefficient (Wildman–Crippen LogP) is 13.5. The number of benzene rings is 2. The van der Waals surface area contributed by atoms with E-state index < -0.39 is 0 Å². The van der Waals surface area contributed by atoms with Crippen molar-refractivity contribution in [2.75, 3.05) is 0 Å². The number of rotatable bonds is 29. The Kier molecular flexibility index (Phi) is 20.6. The SMILES string of the molecule is CCCCCCCCCCCCCCCCC(n1cc[n+](CCCCCCCCCC)c1)C(C)(Cc1ccccc1)c1ccccc1. The van der Waals surface area contributed by atoms with Gasteiger partial charge in [-0.05, 0) is 43.2 Å². The van der Waals surface area contributed by atoms with Gasteiger partial charge in [-0.2, -0.15) is 0 Å². The minimum atomic E-state index is 0.00842. The lowest BCUT2D eigenvalue weighted by Gasteiger charge is -2.37. The van der Waals surface area contributed by atoms with Gasteiger partial charge in [0.1, 0.15) is 18.4 Å². The van der Waals surface area contributed by atoms with Crippen LogP contribution < -0.4 is 4.57 Å². The number of hydrogen-bond donors (Lipinski definition) is 0. The largest absolute Gasteiger partial charge is 0.244 e. The van der Waals surface area contributed by atoms with Crippen molar-refractivity contribution in [2.24, 2.45) is 0 Å². The van der Waals surface area contributed by atoms with E-state index in [1.807, 2.05) is 0 Å². The van der Waals surface area contributed by atoms with Crippen molar-refractivity contribution in [2.45, 2.75) is 193 Å². The summed E-state index contributed by atoms with van der Waals surface area (Å²) in [5, 5.41) is 0. The van der Waals surface area contributed by atoms with Gasteiger partial charge in [0, 0.05) is 5.41 Å². The molecule has 0 radical (unpaired) electrons. The van der Waals surface area contributed by atoms with Crippen LogP contribution in [0.25, 0.3) is 0 Å². The molecule has 0 aliphatic heterocycles. The van der Waals surface area contributed by atoms with Crippen molar-refractivity contribution in [3.05, 3.63) is 90.5 Å². The lowest BCUT2D eigenvalue weighted by atomic mass is 9.70. The van der Waals surface area contributed by atoms with Crippen LogP contribution in [0.1, 0.15) is 186 Å². The van der Waals surface area contributed by atoms with Gasteiger partial charge >= 0.3 is 0 Å². The van der Waals surface area contributed by atoms with Gasteiger partial charge in [0.25, 0.3) is 0 Å². The van der Waals surface area contributed by atoms with E-state index in [4.69, 9.17) is 0 Å². The molecule has 0 N–H and O–H groups in total. The number of aromatic nitrogens is 2. The molecule has 1 aromatic heterocycles. The Morgan fingerprint density at radius 3 is 1.51 bits per heavy atom. The Balaban J connectivity index is 1.56. The number of hydrogen-bond acceptors (Lipinski definition) is 0. The molecule has 1 heterocycles. The first-order valence-electron chi connectivity index (χ1n) is 20.3. The Hall–Kier alpha value is -2.35. The summed E-state index contributed by atoms with van der Waals surface area (Å²) < 4.78 is 5.05. The zero-order valence-corrected chi connectivity index (χ0v) is 31.2. The van der Waals surface area contributed by atoms with E-state index in [1.165, 1.54) is 159 Å². The predicted molar refractivity (Wildman–Crippen MR) is 205 cm³/mol. The molecule has 0 fully saturated rings.